The minimum absolute atomic E-state index is 0.0341. The van der Waals surface area contributed by atoms with Gasteiger partial charge in [-0.3, -0.25) is 0 Å². The third-order valence-corrected chi connectivity index (χ3v) is 4.40. The van der Waals surface area contributed by atoms with Gasteiger partial charge < -0.3 is 5.32 Å². The minimum Gasteiger partial charge on any atom is -0.316 e. The lowest BCUT2D eigenvalue weighted by molar-refractivity contribution is 0.554. The number of sulfonamides is 1. The zero-order valence-corrected chi connectivity index (χ0v) is 11.8. The van der Waals surface area contributed by atoms with Gasteiger partial charge in [-0.2, -0.15) is 0 Å². The molecule has 1 aromatic rings. The molecule has 96 valence electrons. The van der Waals surface area contributed by atoms with Crippen molar-refractivity contribution in [3.05, 3.63) is 28.2 Å². The molecule has 7 heteroatoms. The molecule has 0 aliphatic rings. The molecular weight excluding hydrogens is 283 g/mol. The average Bonchev–Trinajstić information content (AvgIpc) is 2.25. The lowest BCUT2D eigenvalue weighted by Gasteiger charge is -2.12. The molecule has 0 heterocycles. The molecule has 1 rings (SSSR count). The van der Waals surface area contributed by atoms with Crippen molar-refractivity contribution in [3.63, 3.8) is 0 Å². The predicted octanol–water partition coefficient (Wildman–Crippen LogP) is 1.88. The van der Waals surface area contributed by atoms with Crippen LogP contribution in [0.5, 0.6) is 0 Å². The van der Waals surface area contributed by atoms with E-state index < -0.39 is 10.0 Å². The Balaban J connectivity index is 2.90. The number of likely N-dealkylation sites (N-methyl/N-ethyl adjacent to an activating group) is 1. The SMILES string of the molecule is CNC(C)CNS(=O)(=O)c1ccc(Cl)cc1Cl. The molecule has 0 radical (unpaired) electrons. The third-order valence-electron chi connectivity index (χ3n) is 2.26. The molecule has 1 aromatic carbocycles. The molecule has 1 unspecified atom stereocenters. The fraction of sp³-hybridized carbons (Fsp3) is 0.400. The van der Waals surface area contributed by atoms with E-state index in [4.69, 9.17) is 23.2 Å². The van der Waals surface area contributed by atoms with Crippen molar-refractivity contribution in [1.29, 1.82) is 0 Å². The Morgan fingerprint density at radius 3 is 2.53 bits per heavy atom. The first-order chi connectivity index (χ1) is 7.86. The van der Waals surface area contributed by atoms with E-state index in [0.29, 0.717) is 5.02 Å². The summed E-state index contributed by atoms with van der Waals surface area (Å²) in [5.74, 6) is 0. The minimum atomic E-state index is -3.59. The van der Waals surface area contributed by atoms with E-state index in [2.05, 4.69) is 10.0 Å². The van der Waals surface area contributed by atoms with Crippen LogP contribution in [0.25, 0.3) is 0 Å². The molecule has 1 atom stereocenters. The number of hydrogen-bond donors (Lipinski definition) is 2. The van der Waals surface area contributed by atoms with Crippen LogP contribution in [-0.2, 0) is 10.0 Å². The molecule has 0 bridgehead atoms. The normalized spacial score (nSPS) is 13.6. The number of rotatable bonds is 5. The summed E-state index contributed by atoms with van der Waals surface area (Å²) in [6.45, 7) is 2.16. The smallest absolute Gasteiger partial charge is 0.242 e. The second-order valence-electron chi connectivity index (χ2n) is 3.62. The first-order valence-electron chi connectivity index (χ1n) is 4.99. The number of benzene rings is 1. The zero-order valence-electron chi connectivity index (χ0n) is 9.50. The zero-order chi connectivity index (χ0) is 13.1. The standard InChI is InChI=1S/C10H14Cl2N2O2S/c1-7(13-2)6-14-17(15,16)10-4-3-8(11)5-9(10)12/h3-5,7,13-14H,6H2,1-2H3. The van der Waals surface area contributed by atoms with Gasteiger partial charge in [-0.25, -0.2) is 13.1 Å². The Labute approximate surface area is 111 Å². The molecule has 0 aliphatic heterocycles. The molecule has 0 aromatic heterocycles. The molecule has 0 fully saturated rings. The fourth-order valence-corrected chi connectivity index (χ4v) is 3.01. The molecule has 0 amide bonds. The number of hydrogen-bond acceptors (Lipinski definition) is 3. The van der Waals surface area contributed by atoms with Crippen LogP contribution >= 0.6 is 23.2 Å². The molecule has 17 heavy (non-hydrogen) atoms. The van der Waals surface area contributed by atoms with Gasteiger partial charge in [0, 0.05) is 17.6 Å². The summed E-state index contributed by atoms with van der Waals surface area (Å²) in [4.78, 5) is 0.0341. The lowest BCUT2D eigenvalue weighted by atomic mass is 10.4. The van der Waals surface area contributed by atoms with Crippen molar-refractivity contribution in [2.75, 3.05) is 13.6 Å². The van der Waals surface area contributed by atoms with Gasteiger partial charge >= 0.3 is 0 Å². The fourth-order valence-electron chi connectivity index (χ4n) is 1.11. The van der Waals surface area contributed by atoms with Gasteiger partial charge in [-0.15, -0.1) is 0 Å². The van der Waals surface area contributed by atoms with E-state index >= 15 is 0 Å². The van der Waals surface area contributed by atoms with Crippen LogP contribution in [0.4, 0.5) is 0 Å². The molecule has 4 nitrogen and oxygen atoms in total. The summed E-state index contributed by atoms with van der Waals surface area (Å²) in [6.07, 6.45) is 0. The van der Waals surface area contributed by atoms with Gasteiger partial charge in [0.15, 0.2) is 0 Å². The highest BCUT2D eigenvalue weighted by atomic mass is 35.5. The maximum absolute atomic E-state index is 11.9. The molecule has 0 saturated carbocycles. The molecule has 0 spiro atoms. The summed E-state index contributed by atoms with van der Waals surface area (Å²) in [6, 6.07) is 4.32. The second-order valence-corrected chi connectivity index (χ2v) is 6.20. The van der Waals surface area contributed by atoms with Crippen molar-refractivity contribution in [3.8, 4) is 0 Å². The Bertz CT molecular complexity index is 491. The van der Waals surface area contributed by atoms with Gasteiger partial charge in [0.1, 0.15) is 4.90 Å². The van der Waals surface area contributed by atoms with E-state index in [1.807, 2.05) is 6.92 Å². The van der Waals surface area contributed by atoms with E-state index in [9.17, 15) is 8.42 Å². The summed E-state index contributed by atoms with van der Waals surface area (Å²) in [7, 11) is -1.84. The Hall–Kier alpha value is -0.330. The van der Waals surface area contributed by atoms with Gasteiger partial charge in [-0.1, -0.05) is 23.2 Å². The van der Waals surface area contributed by atoms with Crippen LogP contribution in [0.1, 0.15) is 6.92 Å². The van der Waals surface area contributed by atoms with E-state index in [-0.39, 0.29) is 22.5 Å². The van der Waals surface area contributed by atoms with Gasteiger partial charge in [0.05, 0.1) is 5.02 Å². The van der Waals surface area contributed by atoms with Crippen molar-refractivity contribution < 1.29 is 8.42 Å². The Morgan fingerprint density at radius 1 is 1.35 bits per heavy atom. The van der Waals surface area contributed by atoms with Crippen molar-refractivity contribution >= 4 is 33.2 Å². The average molecular weight is 297 g/mol. The van der Waals surface area contributed by atoms with E-state index in [1.54, 1.807) is 7.05 Å². The highest BCUT2D eigenvalue weighted by molar-refractivity contribution is 7.89. The summed E-state index contributed by atoms with van der Waals surface area (Å²) < 4.78 is 26.3. The van der Waals surface area contributed by atoms with Crippen LogP contribution in [0, 0.1) is 0 Å². The van der Waals surface area contributed by atoms with Gasteiger partial charge in [0.2, 0.25) is 10.0 Å². The van der Waals surface area contributed by atoms with Gasteiger partial charge in [-0.05, 0) is 32.2 Å². The Morgan fingerprint density at radius 2 is 2.00 bits per heavy atom. The predicted molar refractivity (Wildman–Crippen MR) is 70.2 cm³/mol. The first-order valence-corrected chi connectivity index (χ1v) is 7.22. The molecule has 0 aliphatic carbocycles. The second kappa shape index (κ2) is 6.02. The molecule has 2 N–H and O–H groups in total. The largest absolute Gasteiger partial charge is 0.316 e. The third kappa shape index (κ3) is 4.12. The summed E-state index contributed by atoms with van der Waals surface area (Å²) in [5.41, 5.74) is 0. The molecular formula is C10H14Cl2N2O2S. The van der Waals surface area contributed by atoms with Crippen LogP contribution in [0.15, 0.2) is 23.1 Å². The van der Waals surface area contributed by atoms with Crippen molar-refractivity contribution in [2.45, 2.75) is 17.9 Å². The first kappa shape index (κ1) is 14.7. The molecule has 0 saturated heterocycles. The Kier molecular flexibility index (Phi) is 5.22. The van der Waals surface area contributed by atoms with Crippen molar-refractivity contribution in [2.24, 2.45) is 0 Å². The summed E-state index contributed by atoms with van der Waals surface area (Å²) >= 11 is 11.6. The monoisotopic (exact) mass is 296 g/mol. The number of halogens is 2. The van der Waals surface area contributed by atoms with E-state index in [1.165, 1.54) is 18.2 Å². The maximum Gasteiger partial charge on any atom is 0.242 e. The van der Waals surface area contributed by atoms with Crippen LogP contribution in [-0.4, -0.2) is 28.1 Å². The highest BCUT2D eigenvalue weighted by Gasteiger charge is 2.18. The topological polar surface area (TPSA) is 58.2 Å². The summed E-state index contributed by atoms with van der Waals surface area (Å²) in [5, 5.41) is 3.45. The lowest BCUT2D eigenvalue weighted by Crippen LogP contribution is -2.37. The van der Waals surface area contributed by atoms with Gasteiger partial charge in [0.25, 0.3) is 0 Å². The van der Waals surface area contributed by atoms with Crippen LogP contribution < -0.4 is 10.0 Å². The van der Waals surface area contributed by atoms with Crippen LogP contribution in [0.2, 0.25) is 10.0 Å². The quantitative estimate of drug-likeness (QED) is 0.872. The van der Waals surface area contributed by atoms with Crippen molar-refractivity contribution in [1.82, 2.24) is 10.0 Å². The highest BCUT2D eigenvalue weighted by Crippen LogP contribution is 2.24. The number of nitrogens with one attached hydrogen (secondary N) is 2. The maximum atomic E-state index is 11.9. The van der Waals surface area contributed by atoms with Crippen LogP contribution in [0.3, 0.4) is 0 Å². The van der Waals surface area contributed by atoms with E-state index in [0.717, 1.165) is 0 Å².